The summed E-state index contributed by atoms with van der Waals surface area (Å²) in [4.78, 5) is 13.8. The molecule has 6 nitrogen and oxygen atoms in total. The number of nitrogens with one attached hydrogen (secondary N) is 2. The van der Waals surface area contributed by atoms with Crippen LogP contribution in [-0.2, 0) is 12.8 Å². The number of benzene rings is 1. The molecule has 4 aromatic rings. The van der Waals surface area contributed by atoms with Crippen molar-refractivity contribution in [3.05, 3.63) is 54.0 Å². The first-order valence-corrected chi connectivity index (χ1v) is 11.9. The van der Waals surface area contributed by atoms with E-state index in [1.54, 1.807) is 6.33 Å². The van der Waals surface area contributed by atoms with Gasteiger partial charge in [0.05, 0.1) is 10.9 Å². The van der Waals surface area contributed by atoms with E-state index in [0.29, 0.717) is 12.1 Å². The van der Waals surface area contributed by atoms with Gasteiger partial charge in [-0.3, -0.25) is 0 Å². The lowest BCUT2D eigenvalue weighted by molar-refractivity contribution is 0.461. The van der Waals surface area contributed by atoms with Gasteiger partial charge in [0.1, 0.15) is 23.6 Å². The largest absolute Gasteiger partial charge is 0.372 e. The molecular formula is C26H30N6. The average Bonchev–Trinajstić information content (AvgIpc) is 3.52. The number of anilines is 2. The summed E-state index contributed by atoms with van der Waals surface area (Å²) in [5.41, 5.74) is 4.91. The highest BCUT2D eigenvalue weighted by atomic mass is 15.1. The molecule has 1 aliphatic carbocycles. The fraction of sp³-hybridized carbons (Fsp3) is 0.423. The number of hydrogen-bond donors (Lipinski definition) is 2. The molecule has 32 heavy (non-hydrogen) atoms. The Bertz CT molecular complexity index is 1290. The maximum atomic E-state index is 4.90. The summed E-state index contributed by atoms with van der Waals surface area (Å²) in [6.45, 7) is 2.22. The van der Waals surface area contributed by atoms with Crippen LogP contribution in [0.2, 0.25) is 0 Å². The van der Waals surface area contributed by atoms with Crippen molar-refractivity contribution in [2.45, 2.75) is 57.5 Å². The molecule has 3 atom stereocenters. The van der Waals surface area contributed by atoms with Crippen LogP contribution < -0.4 is 10.6 Å². The van der Waals surface area contributed by atoms with Gasteiger partial charge in [0.2, 0.25) is 0 Å². The molecule has 6 heteroatoms. The van der Waals surface area contributed by atoms with Crippen molar-refractivity contribution in [3.8, 4) is 0 Å². The Morgan fingerprint density at radius 1 is 1.16 bits per heavy atom. The number of aromatic nitrogens is 4. The third-order valence-corrected chi connectivity index (χ3v) is 7.36. The molecule has 0 saturated heterocycles. The first kappa shape index (κ1) is 19.5. The zero-order valence-corrected chi connectivity index (χ0v) is 18.8. The Hall–Kier alpha value is -3.15. The number of rotatable bonds is 5. The summed E-state index contributed by atoms with van der Waals surface area (Å²) in [6, 6.07) is 12.3. The summed E-state index contributed by atoms with van der Waals surface area (Å²) in [6.07, 6.45) is 11.0. The second-order valence-corrected chi connectivity index (χ2v) is 9.58. The second-order valence-electron chi connectivity index (χ2n) is 9.58. The van der Waals surface area contributed by atoms with Gasteiger partial charge in [-0.1, -0.05) is 12.1 Å². The van der Waals surface area contributed by atoms with Crippen molar-refractivity contribution < 1.29 is 0 Å². The molecule has 2 aliphatic rings. The van der Waals surface area contributed by atoms with Crippen molar-refractivity contribution in [2.75, 3.05) is 17.7 Å². The molecule has 3 aromatic heterocycles. The van der Waals surface area contributed by atoms with Crippen molar-refractivity contribution in [2.24, 2.45) is 5.92 Å². The second kappa shape index (κ2) is 7.76. The number of nitrogens with zero attached hydrogens (tertiary/aromatic N) is 4. The smallest absolute Gasteiger partial charge is 0.145 e. The Labute approximate surface area is 188 Å². The third-order valence-electron chi connectivity index (χ3n) is 7.36. The predicted octanol–water partition coefficient (Wildman–Crippen LogP) is 5.35. The molecule has 4 heterocycles. The van der Waals surface area contributed by atoms with Crippen LogP contribution in [0.4, 0.5) is 11.6 Å². The molecule has 2 unspecified atom stereocenters. The fourth-order valence-electron chi connectivity index (χ4n) is 5.71. The zero-order chi connectivity index (χ0) is 21.7. The molecule has 0 spiro atoms. The summed E-state index contributed by atoms with van der Waals surface area (Å²) in [5, 5.41) is 9.04. The molecule has 0 bridgehead atoms. The van der Waals surface area contributed by atoms with Crippen molar-refractivity contribution in [1.29, 1.82) is 0 Å². The Balaban J connectivity index is 1.14. The molecule has 6 rings (SSSR count). The van der Waals surface area contributed by atoms with Crippen LogP contribution in [-0.4, -0.2) is 32.6 Å². The van der Waals surface area contributed by atoms with E-state index in [1.165, 1.54) is 42.2 Å². The van der Waals surface area contributed by atoms with Gasteiger partial charge in [-0.2, -0.15) is 0 Å². The molecule has 2 N–H and O–H groups in total. The molecule has 164 valence electrons. The summed E-state index contributed by atoms with van der Waals surface area (Å²) >= 11 is 0. The number of pyridine rings is 1. The lowest BCUT2D eigenvalue weighted by atomic mass is 9.97. The maximum Gasteiger partial charge on any atom is 0.145 e. The van der Waals surface area contributed by atoms with E-state index in [2.05, 4.69) is 68.6 Å². The van der Waals surface area contributed by atoms with Gasteiger partial charge in [-0.15, -0.1) is 0 Å². The quantitative estimate of drug-likeness (QED) is 0.450. The molecular weight excluding hydrogens is 396 g/mol. The topological polar surface area (TPSA) is 67.7 Å². The Morgan fingerprint density at radius 2 is 2.09 bits per heavy atom. The minimum atomic E-state index is 0.484. The van der Waals surface area contributed by atoms with Gasteiger partial charge in [0.25, 0.3) is 0 Å². The van der Waals surface area contributed by atoms with Crippen LogP contribution in [0.5, 0.6) is 0 Å². The lowest BCUT2D eigenvalue weighted by Gasteiger charge is -2.15. The normalized spacial score (nSPS) is 22.4. The molecule has 1 aromatic carbocycles. The molecule has 1 saturated carbocycles. The van der Waals surface area contributed by atoms with E-state index in [1.807, 2.05) is 7.05 Å². The molecule has 1 fully saturated rings. The summed E-state index contributed by atoms with van der Waals surface area (Å²) < 4.78 is 2.37. The van der Waals surface area contributed by atoms with Crippen molar-refractivity contribution in [1.82, 2.24) is 19.5 Å². The Kier molecular flexibility index (Phi) is 4.74. The minimum absolute atomic E-state index is 0.484. The molecule has 0 radical (unpaired) electrons. The SMILES string of the molecule is CNc1ncnc2c1ccn2C1CCC(CCc2ccc3cc4c(nc3c2)N[C@H](C)C4)C1. The average molecular weight is 427 g/mol. The van der Waals surface area contributed by atoms with Crippen LogP contribution in [0.25, 0.3) is 21.9 Å². The van der Waals surface area contributed by atoms with Crippen molar-refractivity contribution >= 4 is 33.6 Å². The highest BCUT2D eigenvalue weighted by Gasteiger charge is 2.27. The fourth-order valence-corrected chi connectivity index (χ4v) is 5.71. The summed E-state index contributed by atoms with van der Waals surface area (Å²) in [7, 11) is 1.91. The van der Waals surface area contributed by atoms with E-state index in [9.17, 15) is 0 Å². The highest BCUT2D eigenvalue weighted by Crippen LogP contribution is 2.39. The first-order valence-electron chi connectivity index (χ1n) is 11.9. The van der Waals surface area contributed by atoms with Crippen LogP contribution in [0.1, 0.15) is 49.8 Å². The van der Waals surface area contributed by atoms with Crippen LogP contribution in [0.3, 0.4) is 0 Å². The first-order chi connectivity index (χ1) is 15.7. The van der Waals surface area contributed by atoms with Gasteiger partial charge < -0.3 is 15.2 Å². The van der Waals surface area contributed by atoms with E-state index in [-0.39, 0.29) is 0 Å². The molecule has 0 amide bonds. The third kappa shape index (κ3) is 3.38. The van der Waals surface area contributed by atoms with Gasteiger partial charge >= 0.3 is 0 Å². The number of aryl methyl sites for hydroxylation is 1. The zero-order valence-electron chi connectivity index (χ0n) is 18.8. The monoisotopic (exact) mass is 426 g/mol. The van der Waals surface area contributed by atoms with Crippen molar-refractivity contribution in [3.63, 3.8) is 0 Å². The van der Waals surface area contributed by atoms with Crippen LogP contribution in [0.15, 0.2) is 42.9 Å². The standard InChI is InChI=1S/C26H30N6/c1-16-11-20-14-19-7-5-18(13-23(19)31-24(20)30-16)4-3-17-6-8-21(12-17)32-10-9-22-25(27-2)28-15-29-26(22)32/h5,7,9-10,13-17,21H,3-4,6,8,11-12H2,1-2H3,(H,30,31)(H,27,28,29)/t16-,17?,21?/m1/s1. The number of fused-ring (bicyclic) bond motifs is 3. The summed E-state index contributed by atoms with van der Waals surface area (Å²) in [5.74, 6) is 2.74. The Morgan fingerprint density at radius 3 is 3.00 bits per heavy atom. The van der Waals surface area contributed by atoms with Crippen LogP contribution >= 0.6 is 0 Å². The highest BCUT2D eigenvalue weighted by molar-refractivity contribution is 5.87. The van der Waals surface area contributed by atoms with E-state index in [4.69, 9.17) is 4.98 Å². The van der Waals surface area contributed by atoms with E-state index in [0.717, 1.165) is 46.9 Å². The van der Waals surface area contributed by atoms with Gasteiger partial charge in [0, 0.05) is 30.7 Å². The lowest BCUT2D eigenvalue weighted by Crippen LogP contribution is -2.08. The van der Waals surface area contributed by atoms with Gasteiger partial charge in [0.15, 0.2) is 0 Å². The number of hydrogen-bond acceptors (Lipinski definition) is 5. The predicted molar refractivity (Wildman–Crippen MR) is 130 cm³/mol. The minimum Gasteiger partial charge on any atom is -0.372 e. The van der Waals surface area contributed by atoms with Gasteiger partial charge in [-0.25, -0.2) is 15.0 Å². The molecule has 1 aliphatic heterocycles. The van der Waals surface area contributed by atoms with Crippen LogP contribution in [0, 0.1) is 5.92 Å². The van der Waals surface area contributed by atoms with E-state index < -0.39 is 0 Å². The van der Waals surface area contributed by atoms with E-state index >= 15 is 0 Å². The maximum absolute atomic E-state index is 4.90. The van der Waals surface area contributed by atoms with Gasteiger partial charge in [-0.05, 0) is 80.7 Å².